The molecule has 11 heavy (non-hydrogen) atoms. The van der Waals surface area contributed by atoms with E-state index in [-0.39, 0.29) is 0 Å². The molecule has 1 aromatic heterocycles. The highest BCUT2D eigenvalue weighted by Gasteiger charge is 2.31. The van der Waals surface area contributed by atoms with E-state index in [4.69, 9.17) is 34.8 Å². The summed E-state index contributed by atoms with van der Waals surface area (Å²) in [6, 6.07) is 0. The second kappa shape index (κ2) is 3.01. The molecule has 0 atom stereocenters. The van der Waals surface area contributed by atoms with E-state index in [0.717, 1.165) is 4.57 Å². The van der Waals surface area contributed by atoms with Gasteiger partial charge in [-0.05, 0) is 0 Å². The van der Waals surface area contributed by atoms with E-state index in [9.17, 15) is 4.79 Å². The van der Waals surface area contributed by atoms with Gasteiger partial charge >= 0.3 is 0 Å². The van der Waals surface area contributed by atoms with Crippen LogP contribution in [-0.4, -0.2) is 19.3 Å². The van der Waals surface area contributed by atoms with Crippen LogP contribution in [0.3, 0.4) is 0 Å². The third-order valence-corrected chi connectivity index (χ3v) is 1.47. The standard InChI is InChI=1S/C5H3Cl3N2O/c6-5(7,8)4(11)10-2-1-9-3-10/h1-3H. The number of alkyl halides is 3. The number of aromatic nitrogens is 2. The number of carbonyl (C=O) groups is 1. The molecule has 1 heterocycles. The molecule has 3 nitrogen and oxygen atoms in total. The fourth-order valence-electron chi connectivity index (χ4n) is 0.526. The lowest BCUT2D eigenvalue weighted by Crippen LogP contribution is -2.24. The Morgan fingerprint density at radius 2 is 2.09 bits per heavy atom. The molecular formula is C5H3Cl3N2O. The van der Waals surface area contributed by atoms with E-state index in [1.807, 2.05) is 0 Å². The zero-order valence-electron chi connectivity index (χ0n) is 5.17. The largest absolute Gasteiger partial charge is 0.283 e. The second-order valence-electron chi connectivity index (χ2n) is 1.77. The van der Waals surface area contributed by atoms with Crippen molar-refractivity contribution in [3.8, 4) is 0 Å². The van der Waals surface area contributed by atoms with Crippen molar-refractivity contribution in [1.29, 1.82) is 0 Å². The van der Waals surface area contributed by atoms with Crippen LogP contribution >= 0.6 is 34.8 Å². The highest BCUT2D eigenvalue weighted by atomic mass is 35.6. The quantitative estimate of drug-likeness (QED) is 0.617. The van der Waals surface area contributed by atoms with Crippen molar-refractivity contribution in [3.05, 3.63) is 18.7 Å². The van der Waals surface area contributed by atoms with E-state index < -0.39 is 9.70 Å². The Morgan fingerprint density at radius 3 is 2.45 bits per heavy atom. The summed E-state index contributed by atoms with van der Waals surface area (Å²) in [7, 11) is 0. The molecule has 0 aliphatic carbocycles. The van der Waals surface area contributed by atoms with Crippen LogP contribution in [0.4, 0.5) is 0 Å². The maximum atomic E-state index is 11.1. The molecule has 0 amide bonds. The van der Waals surface area contributed by atoms with E-state index in [1.165, 1.54) is 18.7 Å². The van der Waals surface area contributed by atoms with Gasteiger partial charge in [-0.15, -0.1) is 0 Å². The third-order valence-electron chi connectivity index (χ3n) is 0.981. The maximum Gasteiger partial charge on any atom is 0.283 e. The lowest BCUT2D eigenvalue weighted by Gasteiger charge is -2.08. The van der Waals surface area contributed by atoms with Crippen molar-refractivity contribution in [1.82, 2.24) is 9.55 Å². The summed E-state index contributed by atoms with van der Waals surface area (Å²) in [6.45, 7) is 0. The maximum absolute atomic E-state index is 11.1. The highest BCUT2D eigenvalue weighted by Crippen LogP contribution is 2.27. The Kier molecular flexibility index (Phi) is 2.42. The van der Waals surface area contributed by atoms with Crippen LogP contribution in [0.15, 0.2) is 18.7 Å². The molecule has 0 aliphatic heterocycles. The first-order valence-corrected chi connectivity index (χ1v) is 3.74. The molecule has 0 unspecified atom stereocenters. The minimum Gasteiger partial charge on any atom is -0.273 e. The Labute approximate surface area is 77.9 Å². The van der Waals surface area contributed by atoms with E-state index in [0.29, 0.717) is 0 Å². The van der Waals surface area contributed by atoms with Gasteiger partial charge in [-0.1, -0.05) is 34.8 Å². The van der Waals surface area contributed by atoms with Gasteiger partial charge in [0.2, 0.25) is 0 Å². The summed E-state index contributed by atoms with van der Waals surface area (Å²) < 4.78 is -0.812. The number of hydrogen-bond acceptors (Lipinski definition) is 2. The van der Waals surface area contributed by atoms with Gasteiger partial charge in [-0.2, -0.15) is 0 Å². The minimum atomic E-state index is -1.92. The lowest BCUT2D eigenvalue weighted by atomic mass is 10.6. The second-order valence-corrected chi connectivity index (χ2v) is 4.05. The summed E-state index contributed by atoms with van der Waals surface area (Å²) in [6.07, 6.45) is 4.10. The summed E-state index contributed by atoms with van der Waals surface area (Å²) in [5.41, 5.74) is 0. The molecule has 0 spiro atoms. The Balaban J connectivity index is 2.88. The molecule has 6 heteroatoms. The molecular weight excluding hydrogens is 210 g/mol. The van der Waals surface area contributed by atoms with Crippen LogP contribution in [0.25, 0.3) is 0 Å². The SMILES string of the molecule is O=C(n1ccnc1)C(Cl)(Cl)Cl. The normalized spacial score (nSPS) is 11.5. The summed E-state index contributed by atoms with van der Waals surface area (Å²) >= 11 is 15.9. The van der Waals surface area contributed by atoms with Crippen LogP contribution in [0.2, 0.25) is 0 Å². The summed E-state index contributed by atoms with van der Waals surface area (Å²) in [5.74, 6) is -0.639. The van der Waals surface area contributed by atoms with Gasteiger partial charge in [0.25, 0.3) is 9.70 Å². The van der Waals surface area contributed by atoms with Crippen molar-refractivity contribution in [2.24, 2.45) is 0 Å². The van der Waals surface area contributed by atoms with Crippen molar-refractivity contribution >= 4 is 40.7 Å². The molecule has 0 N–H and O–H groups in total. The zero-order chi connectivity index (χ0) is 8.48. The number of nitrogens with zero attached hydrogens (tertiary/aromatic N) is 2. The van der Waals surface area contributed by atoms with Crippen LogP contribution in [-0.2, 0) is 0 Å². The fraction of sp³-hybridized carbons (Fsp3) is 0.200. The van der Waals surface area contributed by atoms with Crippen LogP contribution in [0.5, 0.6) is 0 Å². The molecule has 1 aromatic rings. The fourth-order valence-corrected chi connectivity index (χ4v) is 0.818. The predicted molar refractivity (Wildman–Crippen MR) is 43.1 cm³/mol. The average Bonchev–Trinajstić information content (AvgIpc) is 2.34. The minimum absolute atomic E-state index is 0.639. The van der Waals surface area contributed by atoms with Gasteiger partial charge in [0.15, 0.2) is 0 Å². The monoisotopic (exact) mass is 212 g/mol. The third kappa shape index (κ3) is 2.09. The molecule has 0 radical (unpaired) electrons. The van der Waals surface area contributed by atoms with Gasteiger partial charge < -0.3 is 0 Å². The first-order chi connectivity index (χ1) is 5.02. The highest BCUT2D eigenvalue weighted by molar-refractivity contribution is 6.76. The predicted octanol–water partition coefficient (Wildman–Crippen LogP) is 1.89. The number of rotatable bonds is 0. The van der Waals surface area contributed by atoms with E-state index in [1.54, 1.807) is 0 Å². The van der Waals surface area contributed by atoms with E-state index >= 15 is 0 Å². The van der Waals surface area contributed by atoms with Crippen LogP contribution in [0, 0.1) is 0 Å². The molecule has 1 rings (SSSR count). The van der Waals surface area contributed by atoms with Crippen molar-refractivity contribution in [2.75, 3.05) is 0 Å². The lowest BCUT2D eigenvalue weighted by molar-refractivity contribution is 0.0917. The first kappa shape index (κ1) is 8.84. The zero-order valence-corrected chi connectivity index (χ0v) is 7.44. The van der Waals surface area contributed by atoms with Crippen molar-refractivity contribution in [3.63, 3.8) is 0 Å². The van der Waals surface area contributed by atoms with Crippen molar-refractivity contribution in [2.45, 2.75) is 3.79 Å². The molecule has 0 aromatic carbocycles. The molecule has 60 valence electrons. The van der Waals surface area contributed by atoms with Gasteiger partial charge in [0.1, 0.15) is 6.33 Å². The van der Waals surface area contributed by atoms with Gasteiger partial charge in [0, 0.05) is 12.4 Å². The molecule has 0 aliphatic rings. The number of hydrogen-bond donors (Lipinski definition) is 0. The Bertz CT molecular complexity index is 251. The number of halogens is 3. The van der Waals surface area contributed by atoms with Gasteiger partial charge in [-0.3, -0.25) is 9.36 Å². The van der Waals surface area contributed by atoms with Crippen LogP contribution < -0.4 is 0 Å². The smallest absolute Gasteiger partial charge is 0.273 e. The summed E-state index contributed by atoms with van der Waals surface area (Å²) in [4.78, 5) is 14.7. The first-order valence-electron chi connectivity index (χ1n) is 2.61. The Hall–Kier alpha value is -0.250. The molecule has 0 fully saturated rings. The van der Waals surface area contributed by atoms with Gasteiger partial charge in [0.05, 0.1) is 0 Å². The topological polar surface area (TPSA) is 34.9 Å². The summed E-state index contributed by atoms with van der Waals surface area (Å²) in [5, 5.41) is 0. The number of imidazole rings is 1. The average molecular weight is 213 g/mol. The molecule has 0 saturated carbocycles. The number of carbonyl (C=O) groups excluding carboxylic acids is 1. The van der Waals surface area contributed by atoms with Crippen LogP contribution in [0.1, 0.15) is 4.79 Å². The molecule has 0 saturated heterocycles. The van der Waals surface area contributed by atoms with E-state index in [2.05, 4.69) is 4.98 Å². The molecule has 0 bridgehead atoms. The van der Waals surface area contributed by atoms with Gasteiger partial charge in [-0.25, -0.2) is 4.98 Å². The van der Waals surface area contributed by atoms with Crippen molar-refractivity contribution < 1.29 is 4.79 Å². The Morgan fingerprint density at radius 1 is 1.45 bits per heavy atom.